The van der Waals surface area contributed by atoms with E-state index in [4.69, 9.17) is 0 Å². The normalized spacial score (nSPS) is 13.8. The Morgan fingerprint density at radius 2 is 1.74 bits per heavy atom. The molecule has 8 nitrogen and oxygen atoms in total. The molecule has 0 atom stereocenters. The summed E-state index contributed by atoms with van der Waals surface area (Å²) in [6.45, 7) is 4.16. The monoisotopic (exact) mass is 367 g/mol. The summed E-state index contributed by atoms with van der Waals surface area (Å²) in [5.41, 5.74) is 2.37. The third-order valence-corrected chi connectivity index (χ3v) is 4.25. The first-order valence-corrected chi connectivity index (χ1v) is 8.64. The van der Waals surface area contributed by atoms with Crippen LogP contribution in [0.3, 0.4) is 0 Å². The van der Waals surface area contributed by atoms with E-state index in [9.17, 15) is 14.4 Å². The van der Waals surface area contributed by atoms with Gasteiger partial charge in [-0.1, -0.05) is 6.07 Å². The highest BCUT2D eigenvalue weighted by Crippen LogP contribution is 2.19. The largest absolute Gasteiger partial charge is 0.368 e. The Balaban J connectivity index is 1.69. The van der Waals surface area contributed by atoms with Gasteiger partial charge in [-0.05, 0) is 30.3 Å². The van der Waals surface area contributed by atoms with E-state index >= 15 is 0 Å². The number of amides is 3. The average Bonchev–Trinajstić information content (AvgIpc) is 2.68. The van der Waals surface area contributed by atoms with Crippen LogP contribution < -0.4 is 15.5 Å². The van der Waals surface area contributed by atoms with Crippen molar-refractivity contribution in [3.63, 3.8) is 0 Å². The van der Waals surface area contributed by atoms with Gasteiger partial charge in [0.15, 0.2) is 0 Å². The van der Waals surface area contributed by atoms with Crippen LogP contribution in [0.2, 0.25) is 0 Å². The van der Waals surface area contributed by atoms with Gasteiger partial charge < -0.3 is 20.4 Å². The number of hydrogen-bond acceptors (Lipinski definition) is 5. The number of pyridine rings is 1. The number of aromatic nitrogens is 1. The Hall–Kier alpha value is -3.42. The van der Waals surface area contributed by atoms with Crippen LogP contribution in [-0.4, -0.2) is 54.3 Å². The lowest BCUT2D eigenvalue weighted by molar-refractivity contribution is -0.118. The van der Waals surface area contributed by atoms with Crippen LogP contribution in [0.1, 0.15) is 17.4 Å². The van der Waals surface area contributed by atoms with E-state index in [1.807, 2.05) is 6.07 Å². The molecule has 1 aromatic heterocycles. The molecule has 27 heavy (non-hydrogen) atoms. The van der Waals surface area contributed by atoms with Crippen molar-refractivity contribution in [3.8, 4) is 0 Å². The molecule has 3 rings (SSSR count). The molecule has 0 spiro atoms. The lowest BCUT2D eigenvalue weighted by Crippen LogP contribution is -2.45. The van der Waals surface area contributed by atoms with Crippen molar-refractivity contribution in [2.75, 3.05) is 41.7 Å². The van der Waals surface area contributed by atoms with E-state index in [2.05, 4.69) is 20.5 Å². The Morgan fingerprint density at radius 1 is 1.04 bits per heavy atom. The van der Waals surface area contributed by atoms with Crippen molar-refractivity contribution in [2.24, 2.45) is 0 Å². The van der Waals surface area contributed by atoms with Crippen LogP contribution in [-0.2, 0) is 9.59 Å². The number of nitrogens with one attached hydrogen (secondary N) is 2. The predicted octanol–water partition coefficient (Wildman–Crippen LogP) is 1.57. The molecule has 140 valence electrons. The second-order valence-electron chi connectivity index (χ2n) is 6.24. The number of nitrogens with zero attached hydrogens (tertiary/aromatic N) is 3. The quantitative estimate of drug-likeness (QED) is 0.783. The summed E-state index contributed by atoms with van der Waals surface area (Å²) in [5, 5.41) is 5.47. The third-order valence-electron chi connectivity index (χ3n) is 4.25. The first-order chi connectivity index (χ1) is 13.0. The van der Waals surface area contributed by atoms with Crippen LogP contribution in [0, 0.1) is 0 Å². The number of carbonyl (C=O) groups is 3. The zero-order valence-electron chi connectivity index (χ0n) is 15.0. The summed E-state index contributed by atoms with van der Waals surface area (Å²) in [4.78, 5) is 42.5. The lowest BCUT2D eigenvalue weighted by atomic mass is 10.2. The fraction of sp³-hybridized carbons (Fsp3) is 0.263. The second-order valence-corrected chi connectivity index (χ2v) is 6.24. The highest BCUT2D eigenvalue weighted by Gasteiger charge is 2.17. The van der Waals surface area contributed by atoms with Gasteiger partial charge in [-0.15, -0.1) is 0 Å². The van der Waals surface area contributed by atoms with E-state index in [-0.39, 0.29) is 11.8 Å². The van der Waals surface area contributed by atoms with Gasteiger partial charge in [-0.2, -0.15) is 0 Å². The number of benzene rings is 1. The molecule has 1 aromatic carbocycles. The van der Waals surface area contributed by atoms with Gasteiger partial charge >= 0.3 is 0 Å². The van der Waals surface area contributed by atoms with Gasteiger partial charge in [0.1, 0.15) is 5.69 Å². The number of rotatable bonds is 5. The van der Waals surface area contributed by atoms with E-state index in [1.165, 1.54) is 6.92 Å². The second kappa shape index (κ2) is 8.31. The summed E-state index contributed by atoms with van der Waals surface area (Å²) in [6, 6.07) is 10.5. The number of piperazine rings is 1. The van der Waals surface area contributed by atoms with E-state index in [0.29, 0.717) is 43.2 Å². The maximum absolute atomic E-state index is 12.5. The Labute approximate surface area is 157 Å². The standard InChI is InChI=1S/C19H21N5O3/c1-14(26)21-15-3-2-4-16(11-15)22-19(27)18-12-17(5-6-20-18)24-9-7-23(13-25)8-10-24/h2-6,11-13H,7-10H2,1H3,(H,21,26)(H,22,27). The molecule has 1 fully saturated rings. The molecule has 2 heterocycles. The Bertz CT molecular complexity index is 847. The maximum atomic E-state index is 12.5. The number of hydrogen-bond donors (Lipinski definition) is 2. The number of carbonyl (C=O) groups excluding carboxylic acids is 3. The SMILES string of the molecule is CC(=O)Nc1cccc(NC(=O)c2cc(N3CCN(C=O)CC3)ccn2)c1. The smallest absolute Gasteiger partial charge is 0.274 e. The van der Waals surface area contributed by atoms with Crippen molar-refractivity contribution in [2.45, 2.75) is 6.92 Å². The summed E-state index contributed by atoms with van der Waals surface area (Å²) in [5.74, 6) is -0.508. The van der Waals surface area contributed by atoms with Crippen LogP contribution in [0.4, 0.5) is 17.1 Å². The fourth-order valence-corrected chi connectivity index (χ4v) is 2.90. The molecule has 1 aliphatic rings. The molecule has 1 aliphatic heterocycles. The zero-order chi connectivity index (χ0) is 19.2. The highest BCUT2D eigenvalue weighted by atomic mass is 16.2. The molecule has 0 aliphatic carbocycles. The minimum atomic E-state index is -0.330. The van der Waals surface area contributed by atoms with Crippen LogP contribution in [0.5, 0.6) is 0 Å². The molecule has 0 radical (unpaired) electrons. The molecule has 2 aromatic rings. The summed E-state index contributed by atoms with van der Waals surface area (Å²) >= 11 is 0. The predicted molar refractivity (Wildman–Crippen MR) is 103 cm³/mol. The molecular formula is C19H21N5O3. The first-order valence-electron chi connectivity index (χ1n) is 8.64. The van der Waals surface area contributed by atoms with Crippen molar-refractivity contribution in [3.05, 3.63) is 48.3 Å². The lowest BCUT2D eigenvalue weighted by Gasteiger charge is -2.34. The average molecular weight is 367 g/mol. The fourth-order valence-electron chi connectivity index (χ4n) is 2.90. The van der Waals surface area contributed by atoms with Gasteiger partial charge in [0.2, 0.25) is 12.3 Å². The van der Waals surface area contributed by atoms with E-state index < -0.39 is 0 Å². The molecular weight excluding hydrogens is 346 g/mol. The van der Waals surface area contributed by atoms with Gasteiger partial charge in [0.05, 0.1) is 0 Å². The van der Waals surface area contributed by atoms with Crippen molar-refractivity contribution < 1.29 is 14.4 Å². The van der Waals surface area contributed by atoms with Gasteiger partial charge in [0.25, 0.3) is 5.91 Å². The molecule has 8 heteroatoms. The van der Waals surface area contributed by atoms with Gasteiger partial charge in [0, 0.05) is 56.4 Å². The maximum Gasteiger partial charge on any atom is 0.274 e. The van der Waals surface area contributed by atoms with E-state index in [0.717, 1.165) is 12.1 Å². The third kappa shape index (κ3) is 4.81. The van der Waals surface area contributed by atoms with E-state index in [1.54, 1.807) is 41.4 Å². The van der Waals surface area contributed by atoms with Crippen molar-refractivity contribution >= 4 is 35.3 Å². The minimum absolute atomic E-state index is 0.178. The first kappa shape index (κ1) is 18.4. The highest BCUT2D eigenvalue weighted by molar-refractivity contribution is 6.03. The molecule has 2 N–H and O–H groups in total. The Morgan fingerprint density at radius 3 is 2.41 bits per heavy atom. The summed E-state index contributed by atoms with van der Waals surface area (Å²) in [6.07, 6.45) is 2.46. The number of anilines is 3. The molecule has 0 saturated carbocycles. The zero-order valence-corrected chi connectivity index (χ0v) is 15.0. The molecule has 0 bridgehead atoms. The van der Waals surface area contributed by atoms with Crippen LogP contribution >= 0.6 is 0 Å². The van der Waals surface area contributed by atoms with Crippen molar-refractivity contribution in [1.29, 1.82) is 0 Å². The molecule has 3 amide bonds. The summed E-state index contributed by atoms with van der Waals surface area (Å²) < 4.78 is 0. The van der Waals surface area contributed by atoms with Crippen molar-refractivity contribution in [1.82, 2.24) is 9.88 Å². The molecule has 0 unspecified atom stereocenters. The Kier molecular flexibility index (Phi) is 5.65. The summed E-state index contributed by atoms with van der Waals surface area (Å²) in [7, 11) is 0. The molecule has 1 saturated heterocycles. The minimum Gasteiger partial charge on any atom is -0.368 e. The van der Waals surface area contributed by atoms with Gasteiger partial charge in [-0.25, -0.2) is 0 Å². The van der Waals surface area contributed by atoms with Gasteiger partial charge in [-0.3, -0.25) is 19.4 Å². The topological polar surface area (TPSA) is 94.6 Å². The van der Waals surface area contributed by atoms with Crippen LogP contribution in [0.15, 0.2) is 42.6 Å². The van der Waals surface area contributed by atoms with Crippen LogP contribution in [0.25, 0.3) is 0 Å².